The van der Waals surface area contributed by atoms with Crippen molar-refractivity contribution >= 4 is 22.0 Å². The highest BCUT2D eigenvalue weighted by molar-refractivity contribution is 7.99. The third kappa shape index (κ3) is 4.51. The third-order valence-corrected chi connectivity index (χ3v) is 7.42. The zero-order chi connectivity index (χ0) is 22.9. The van der Waals surface area contributed by atoms with Crippen molar-refractivity contribution in [1.29, 1.82) is 0 Å². The lowest BCUT2D eigenvalue weighted by molar-refractivity contribution is 0.116. The number of rotatable bonds is 6. The molecule has 32 heavy (non-hydrogen) atoms. The van der Waals surface area contributed by atoms with Gasteiger partial charge in [0.05, 0.1) is 11.1 Å². The Labute approximate surface area is 186 Å². The van der Waals surface area contributed by atoms with Crippen LogP contribution in [0.5, 0.6) is 0 Å². The fourth-order valence-electron chi connectivity index (χ4n) is 3.67. The number of halogens is 3. The molecule has 1 aliphatic rings. The van der Waals surface area contributed by atoms with E-state index in [1.54, 1.807) is 23.9 Å². The van der Waals surface area contributed by atoms with Gasteiger partial charge in [-0.3, -0.25) is 4.98 Å². The molecule has 2 aromatic heterocycles. The molecule has 13 heteroatoms. The average molecular weight is 486 g/mol. The molecule has 8 nitrogen and oxygen atoms in total. The number of thioether (sulfide) groups is 1. The van der Waals surface area contributed by atoms with Gasteiger partial charge in [-0.2, -0.15) is 33.3 Å². The SMILES string of the molecule is NS(=O)(=O)N1CCSCC1(Cc1ccc(-c2nnc(C(F)F)o2)cn1)c1ccc(F)cc1. The first-order valence-electron chi connectivity index (χ1n) is 9.40. The van der Waals surface area contributed by atoms with Crippen molar-refractivity contribution in [1.82, 2.24) is 19.5 Å². The second kappa shape index (κ2) is 8.81. The molecule has 0 saturated carbocycles. The van der Waals surface area contributed by atoms with Gasteiger partial charge in [0.25, 0.3) is 16.1 Å². The molecule has 170 valence electrons. The fraction of sp³-hybridized carbons (Fsp3) is 0.316. The molecule has 1 unspecified atom stereocenters. The molecule has 0 bridgehead atoms. The Hall–Kier alpha value is -2.48. The second-order valence-corrected chi connectivity index (χ2v) is 9.75. The molecule has 1 fully saturated rings. The summed E-state index contributed by atoms with van der Waals surface area (Å²) in [6.45, 7) is 0.192. The topological polar surface area (TPSA) is 115 Å². The molecular weight excluding hydrogens is 467 g/mol. The summed E-state index contributed by atoms with van der Waals surface area (Å²) >= 11 is 1.56. The summed E-state index contributed by atoms with van der Waals surface area (Å²) in [6.07, 6.45) is -1.34. The van der Waals surface area contributed by atoms with Crippen LogP contribution in [0.4, 0.5) is 13.2 Å². The minimum atomic E-state index is -4.07. The molecule has 4 rings (SSSR count). The lowest BCUT2D eigenvalue weighted by Crippen LogP contribution is -2.57. The van der Waals surface area contributed by atoms with E-state index >= 15 is 0 Å². The van der Waals surface area contributed by atoms with Crippen LogP contribution < -0.4 is 5.14 Å². The van der Waals surface area contributed by atoms with E-state index in [9.17, 15) is 21.6 Å². The van der Waals surface area contributed by atoms with Crippen LogP contribution in [0.3, 0.4) is 0 Å². The maximum absolute atomic E-state index is 13.6. The first-order valence-corrected chi connectivity index (χ1v) is 12.1. The predicted molar refractivity (Wildman–Crippen MR) is 111 cm³/mol. The normalized spacial score (nSPS) is 20.0. The molecule has 0 radical (unpaired) electrons. The molecule has 1 saturated heterocycles. The minimum absolute atomic E-state index is 0.105. The second-order valence-electron chi connectivity index (χ2n) is 7.17. The molecule has 1 atom stereocenters. The third-order valence-electron chi connectivity index (χ3n) is 5.12. The zero-order valence-electron chi connectivity index (χ0n) is 16.5. The number of pyridine rings is 1. The van der Waals surface area contributed by atoms with Crippen LogP contribution in [0.2, 0.25) is 0 Å². The van der Waals surface area contributed by atoms with Crippen molar-refractivity contribution in [2.45, 2.75) is 18.4 Å². The number of nitrogens with two attached hydrogens (primary N) is 1. The smallest absolute Gasteiger partial charge is 0.314 e. The Balaban J connectivity index is 1.70. The van der Waals surface area contributed by atoms with Gasteiger partial charge in [-0.05, 0) is 29.8 Å². The van der Waals surface area contributed by atoms with Crippen LogP contribution in [0.15, 0.2) is 47.0 Å². The molecule has 3 heterocycles. The molecular formula is C19H18F3N5O3S2. The Bertz CT molecular complexity index is 1190. The highest BCUT2D eigenvalue weighted by Crippen LogP contribution is 2.40. The summed E-state index contributed by atoms with van der Waals surface area (Å²) in [6, 6.07) is 8.80. The minimum Gasteiger partial charge on any atom is -0.415 e. The van der Waals surface area contributed by atoms with Gasteiger partial charge < -0.3 is 4.42 Å². The van der Waals surface area contributed by atoms with Crippen molar-refractivity contribution in [3.63, 3.8) is 0 Å². The van der Waals surface area contributed by atoms with Gasteiger partial charge in [0, 0.05) is 36.4 Å². The Morgan fingerprint density at radius 1 is 1.19 bits per heavy atom. The van der Waals surface area contributed by atoms with Gasteiger partial charge in [-0.25, -0.2) is 9.53 Å². The summed E-state index contributed by atoms with van der Waals surface area (Å²) < 4.78 is 70.0. The first-order chi connectivity index (χ1) is 15.2. The van der Waals surface area contributed by atoms with E-state index in [2.05, 4.69) is 15.2 Å². The summed E-state index contributed by atoms with van der Waals surface area (Å²) in [4.78, 5) is 4.35. The zero-order valence-corrected chi connectivity index (χ0v) is 18.1. The maximum atomic E-state index is 13.6. The van der Waals surface area contributed by atoms with Crippen molar-refractivity contribution in [3.8, 4) is 11.5 Å². The van der Waals surface area contributed by atoms with Crippen LogP contribution >= 0.6 is 11.8 Å². The monoisotopic (exact) mass is 485 g/mol. The van der Waals surface area contributed by atoms with Crippen LogP contribution in [0.25, 0.3) is 11.5 Å². The molecule has 0 amide bonds. The van der Waals surface area contributed by atoms with E-state index in [1.807, 2.05) is 0 Å². The number of nitrogens with zero attached hydrogens (tertiary/aromatic N) is 4. The molecule has 2 N–H and O–H groups in total. The van der Waals surface area contributed by atoms with Gasteiger partial charge in [0.2, 0.25) is 5.89 Å². The van der Waals surface area contributed by atoms with Crippen molar-refractivity contribution < 1.29 is 26.0 Å². The highest BCUT2D eigenvalue weighted by atomic mass is 32.2. The number of alkyl halides is 2. The molecule has 1 aromatic carbocycles. The van der Waals surface area contributed by atoms with E-state index in [-0.39, 0.29) is 18.9 Å². The molecule has 3 aromatic rings. The lowest BCUT2D eigenvalue weighted by Gasteiger charge is -2.45. The molecule has 0 aliphatic carbocycles. The van der Waals surface area contributed by atoms with E-state index in [0.29, 0.717) is 28.3 Å². The maximum Gasteiger partial charge on any atom is 0.314 e. The standard InChI is InChI=1S/C19H18F3N5O3S2/c20-14-4-2-13(3-5-14)19(11-31-8-7-27(19)32(23,28)29)9-15-6-1-12(10-24-15)17-25-26-18(30-17)16(21)22/h1-6,10,16H,7-9,11H2,(H2,23,28,29). The van der Waals surface area contributed by atoms with Gasteiger partial charge in [0.1, 0.15) is 5.82 Å². The van der Waals surface area contributed by atoms with Gasteiger partial charge in [0.15, 0.2) is 0 Å². The first kappa shape index (κ1) is 22.7. The van der Waals surface area contributed by atoms with Crippen LogP contribution in [-0.2, 0) is 22.2 Å². The lowest BCUT2D eigenvalue weighted by atomic mass is 9.86. The Morgan fingerprint density at radius 2 is 1.94 bits per heavy atom. The van der Waals surface area contributed by atoms with Crippen LogP contribution in [-0.4, -0.2) is 46.0 Å². The summed E-state index contributed by atoms with van der Waals surface area (Å²) in [5, 5.41) is 12.4. The molecule has 1 aliphatic heterocycles. The summed E-state index contributed by atoms with van der Waals surface area (Å²) in [7, 11) is -4.07. The predicted octanol–water partition coefficient (Wildman–Crippen LogP) is 2.90. The summed E-state index contributed by atoms with van der Waals surface area (Å²) in [5.41, 5.74) is 0.365. The number of aromatic nitrogens is 3. The van der Waals surface area contributed by atoms with Gasteiger partial charge in [-0.1, -0.05) is 12.1 Å². The summed E-state index contributed by atoms with van der Waals surface area (Å²) in [5.74, 6) is -0.385. The van der Waals surface area contributed by atoms with E-state index in [4.69, 9.17) is 9.56 Å². The average Bonchev–Trinajstić information content (AvgIpc) is 3.25. The van der Waals surface area contributed by atoms with Crippen molar-refractivity contribution in [2.24, 2.45) is 5.14 Å². The number of benzene rings is 1. The van der Waals surface area contributed by atoms with Gasteiger partial charge in [-0.15, -0.1) is 10.2 Å². The quantitative estimate of drug-likeness (QED) is 0.571. The van der Waals surface area contributed by atoms with E-state index < -0.39 is 33.9 Å². The Kier molecular flexibility index (Phi) is 6.25. The van der Waals surface area contributed by atoms with Crippen LogP contribution in [0, 0.1) is 5.82 Å². The fourth-order valence-corrected chi connectivity index (χ4v) is 6.15. The Morgan fingerprint density at radius 3 is 2.53 bits per heavy atom. The highest BCUT2D eigenvalue weighted by Gasteiger charge is 2.46. The van der Waals surface area contributed by atoms with E-state index in [1.165, 1.54) is 34.8 Å². The van der Waals surface area contributed by atoms with Crippen molar-refractivity contribution in [2.75, 3.05) is 18.1 Å². The molecule has 0 spiro atoms. The van der Waals surface area contributed by atoms with Crippen LogP contribution in [0.1, 0.15) is 23.6 Å². The van der Waals surface area contributed by atoms with E-state index in [0.717, 1.165) is 0 Å². The van der Waals surface area contributed by atoms with Crippen molar-refractivity contribution in [3.05, 3.63) is 65.6 Å². The largest absolute Gasteiger partial charge is 0.415 e. The number of hydrogen-bond acceptors (Lipinski definition) is 7. The number of hydrogen-bond donors (Lipinski definition) is 1. The van der Waals surface area contributed by atoms with Gasteiger partial charge >= 0.3 is 6.43 Å².